The monoisotopic (exact) mass is 373 g/mol. The molecule has 0 saturated carbocycles. The zero-order valence-corrected chi connectivity index (χ0v) is 15.1. The molecule has 2 aromatic rings. The lowest BCUT2D eigenvalue weighted by Gasteiger charge is -2.15. The molecule has 0 radical (unpaired) electrons. The molecule has 26 heavy (non-hydrogen) atoms. The van der Waals surface area contributed by atoms with E-state index in [1.165, 1.54) is 31.4 Å². The van der Waals surface area contributed by atoms with Gasteiger partial charge >= 0.3 is 5.97 Å². The van der Waals surface area contributed by atoms with E-state index < -0.39 is 22.2 Å². The van der Waals surface area contributed by atoms with E-state index in [1.807, 2.05) is 36.4 Å². The summed E-state index contributed by atoms with van der Waals surface area (Å²) in [6.07, 6.45) is 0.239. The van der Waals surface area contributed by atoms with Crippen LogP contribution in [0.25, 0.3) is 0 Å². The number of hydrogen-bond acceptors (Lipinski definition) is 6. The van der Waals surface area contributed by atoms with E-state index in [4.69, 9.17) is 9.44 Å². The van der Waals surface area contributed by atoms with Crippen molar-refractivity contribution in [2.24, 2.45) is 0 Å². The van der Waals surface area contributed by atoms with Crippen LogP contribution in [0.4, 0.5) is 0 Å². The van der Waals surface area contributed by atoms with Gasteiger partial charge in [-0.1, -0.05) is 30.3 Å². The minimum absolute atomic E-state index is 0.117. The summed E-state index contributed by atoms with van der Waals surface area (Å²) in [5, 5.41) is 8.78. The molecule has 0 spiro atoms. The average Bonchev–Trinajstić information content (AvgIpc) is 2.67. The molecule has 0 amide bonds. The van der Waals surface area contributed by atoms with Crippen LogP contribution in [0.1, 0.15) is 24.0 Å². The molecule has 0 aromatic heterocycles. The third-order valence-corrected chi connectivity index (χ3v) is 5.09. The van der Waals surface area contributed by atoms with E-state index in [2.05, 4.69) is 4.74 Å². The number of rotatable bonds is 8. The number of methoxy groups -OCH3 is 1. The molecule has 7 heteroatoms. The maximum atomic E-state index is 12.4. The molecule has 2 rings (SSSR count). The minimum Gasteiger partial charge on any atom is -0.467 e. The Hall–Kier alpha value is -2.69. The SMILES string of the molecule is COC(=O)[C@@H](CCCc1ccccc1)OS(=O)(=O)c1ccc(C#N)cc1. The molecule has 0 saturated heterocycles. The van der Waals surface area contributed by atoms with Crippen LogP contribution in [-0.4, -0.2) is 27.6 Å². The number of hydrogen-bond donors (Lipinski definition) is 0. The second-order valence-electron chi connectivity index (χ2n) is 5.58. The van der Waals surface area contributed by atoms with Gasteiger partial charge in [-0.2, -0.15) is 13.7 Å². The topological polar surface area (TPSA) is 93.5 Å². The third-order valence-electron chi connectivity index (χ3n) is 3.75. The molecule has 0 aliphatic carbocycles. The van der Waals surface area contributed by atoms with Crippen molar-refractivity contribution in [3.8, 4) is 6.07 Å². The minimum atomic E-state index is -4.14. The lowest BCUT2D eigenvalue weighted by atomic mass is 10.1. The molecule has 0 aliphatic heterocycles. The van der Waals surface area contributed by atoms with Gasteiger partial charge in [-0.25, -0.2) is 4.79 Å². The number of esters is 1. The van der Waals surface area contributed by atoms with Crippen LogP contribution in [0.15, 0.2) is 59.5 Å². The largest absolute Gasteiger partial charge is 0.467 e. The zero-order valence-electron chi connectivity index (χ0n) is 14.3. The van der Waals surface area contributed by atoms with Gasteiger partial charge in [-0.15, -0.1) is 0 Å². The van der Waals surface area contributed by atoms with Crippen LogP contribution in [0.2, 0.25) is 0 Å². The fraction of sp³-hybridized carbons (Fsp3) is 0.263. The summed E-state index contributed by atoms with van der Waals surface area (Å²) in [4.78, 5) is 11.8. The Bertz CT molecular complexity index is 870. The number of benzene rings is 2. The standard InChI is InChI=1S/C19H19NO5S/c1-24-19(21)18(9-5-8-15-6-3-2-4-7-15)25-26(22,23)17-12-10-16(14-20)11-13-17/h2-4,6-7,10-13,18H,5,8-9H2,1H3/t18-/m1/s1. The molecular weight excluding hydrogens is 354 g/mol. The Morgan fingerprint density at radius 2 is 1.77 bits per heavy atom. The van der Waals surface area contributed by atoms with Gasteiger partial charge in [0.1, 0.15) is 0 Å². The summed E-state index contributed by atoms with van der Waals surface area (Å²) < 4.78 is 34.5. The summed E-state index contributed by atoms with van der Waals surface area (Å²) >= 11 is 0. The van der Waals surface area contributed by atoms with Crippen LogP contribution in [0, 0.1) is 11.3 Å². The predicted molar refractivity (Wildman–Crippen MR) is 94.6 cm³/mol. The van der Waals surface area contributed by atoms with E-state index >= 15 is 0 Å². The Morgan fingerprint density at radius 1 is 1.12 bits per heavy atom. The van der Waals surface area contributed by atoms with Gasteiger partial charge in [0.05, 0.1) is 23.6 Å². The molecular formula is C19H19NO5S. The number of nitriles is 1. The third kappa shape index (κ3) is 5.41. The second-order valence-corrected chi connectivity index (χ2v) is 7.15. The molecule has 0 heterocycles. The first-order valence-corrected chi connectivity index (χ1v) is 9.42. The van der Waals surface area contributed by atoms with Gasteiger partial charge in [0, 0.05) is 0 Å². The second kappa shape index (κ2) is 9.13. The quantitative estimate of drug-likeness (QED) is 0.522. The summed E-state index contributed by atoms with van der Waals surface area (Å²) in [6, 6.07) is 16.9. The van der Waals surface area contributed by atoms with Crippen LogP contribution in [0.3, 0.4) is 0 Å². The first-order valence-electron chi connectivity index (χ1n) is 8.01. The molecule has 0 unspecified atom stereocenters. The number of carbonyl (C=O) groups excluding carboxylic acids is 1. The van der Waals surface area contributed by atoms with Crippen LogP contribution in [0.5, 0.6) is 0 Å². The van der Waals surface area contributed by atoms with Gasteiger partial charge in [0.25, 0.3) is 10.1 Å². The van der Waals surface area contributed by atoms with Gasteiger partial charge < -0.3 is 4.74 Å². The first kappa shape index (κ1) is 19.6. The van der Waals surface area contributed by atoms with E-state index in [0.29, 0.717) is 18.4 Å². The maximum absolute atomic E-state index is 12.4. The van der Waals surface area contributed by atoms with Crippen molar-refractivity contribution < 1.29 is 22.1 Å². The normalized spacial score (nSPS) is 12.2. The fourth-order valence-electron chi connectivity index (χ4n) is 2.38. The number of carbonyl (C=O) groups is 1. The highest BCUT2D eigenvalue weighted by Crippen LogP contribution is 2.19. The van der Waals surface area contributed by atoms with Crippen molar-refractivity contribution in [3.63, 3.8) is 0 Å². The van der Waals surface area contributed by atoms with Crippen molar-refractivity contribution in [1.29, 1.82) is 5.26 Å². The molecule has 0 N–H and O–H groups in total. The summed E-state index contributed by atoms with van der Waals surface area (Å²) in [6.45, 7) is 0. The summed E-state index contributed by atoms with van der Waals surface area (Å²) in [5.74, 6) is -0.740. The Labute approximate surface area is 153 Å². The number of nitrogens with zero attached hydrogens (tertiary/aromatic N) is 1. The van der Waals surface area contributed by atoms with Crippen molar-refractivity contribution in [1.82, 2.24) is 0 Å². The highest BCUT2D eigenvalue weighted by Gasteiger charge is 2.28. The highest BCUT2D eigenvalue weighted by atomic mass is 32.2. The van der Waals surface area contributed by atoms with Crippen LogP contribution >= 0.6 is 0 Å². The van der Waals surface area contributed by atoms with Gasteiger partial charge in [-0.05, 0) is 49.1 Å². The Balaban J connectivity index is 2.06. The predicted octanol–water partition coefficient (Wildman–Crippen LogP) is 2.83. The Morgan fingerprint density at radius 3 is 2.35 bits per heavy atom. The van der Waals surface area contributed by atoms with E-state index in [-0.39, 0.29) is 11.3 Å². The summed E-state index contributed by atoms with van der Waals surface area (Å²) in [5.41, 5.74) is 1.42. The molecule has 6 nitrogen and oxygen atoms in total. The van der Waals surface area contributed by atoms with E-state index in [1.54, 1.807) is 0 Å². The number of aryl methyl sites for hydroxylation is 1. The Kier molecular flexibility index (Phi) is 6.89. The van der Waals surface area contributed by atoms with Gasteiger partial charge in [-0.3, -0.25) is 4.18 Å². The lowest BCUT2D eigenvalue weighted by Crippen LogP contribution is -2.28. The van der Waals surface area contributed by atoms with Crippen molar-refractivity contribution in [2.75, 3.05) is 7.11 Å². The zero-order chi connectivity index (χ0) is 19.0. The smallest absolute Gasteiger partial charge is 0.336 e. The first-order chi connectivity index (χ1) is 12.5. The van der Waals surface area contributed by atoms with Crippen molar-refractivity contribution in [3.05, 3.63) is 65.7 Å². The summed E-state index contributed by atoms with van der Waals surface area (Å²) in [7, 11) is -2.96. The lowest BCUT2D eigenvalue weighted by molar-refractivity contribution is -0.149. The fourth-order valence-corrected chi connectivity index (χ4v) is 3.44. The van der Waals surface area contributed by atoms with Crippen LogP contribution < -0.4 is 0 Å². The maximum Gasteiger partial charge on any atom is 0.336 e. The molecule has 2 aromatic carbocycles. The van der Waals surface area contributed by atoms with Crippen LogP contribution in [-0.2, 0) is 30.3 Å². The molecule has 0 aliphatic rings. The van der Waals surface area contributed by atoms with E-state index in [9.17, 15) is 13.2 Å². The average molecular weight is 373 g/mol. The van der Waals surface area contributed by atoms with E-state index in [0.717, 1.165) is 5.56 Å². The molecule has 136 valence electrons. The highest BCUT2D eigenvalue weighted by molar-refractivity contribution is 7.86. The molecule has 0 bridgehead atoms. The van der Waals surface area contributed by atoms with Crippen molar-refractivity contribution in [2.45, 2.75) is 30.3 Å². The number of ether oxygens (including phenoxy) is 1. The molecule has 1 atom stereocenters. The van der Waals surface area contributed by atoms with Crippen molar-refractivity contribution >= 4 is 16.1 Å². The molecule has 0 fully saturated rings. The van der Waals surface area contributed by atoms with Gasteiger partial charge in [0.2, 0.25) is 0 Å². The van der Waals surface area contributed by atoms with Gasteiger partial charge in [0.15, 0.2) is 6.10 Å².